The van der Waals surface area contributed by atoms with Crippen molar-refractivity contribution in [1.82, 2.24) is 4.98 Å². The molecule has 0 spiro atoms. The maximum Gasteiger partial charge on any atom is 0.266 e. The van der Waals surface area contributed by atoms with Crippen molar-refractivity contribution in [3.63, 3.8) is 0 Å². The highest BCUT2D eigenvalue weighted by Crippen LogP contribution is 2.30. The summed E-state index contributed by atoms with van der Waals surface area (Å²) >= 11 is 1.34. The van der Waals surface area contributed by atoms with Gasteiger partial charge in [-0.1, -0.05) is 42.5 Å². The van der Waals surface area contributed by atoms with Crippen molar-refractivity contribution >= 4 is 34.0 Å². The number of carbonyl (C=O) groups excluding carboxylic acids is 2. The molecule has 0 saturated carbocycles. The van der Waals surface area contributed by atoms with Gasteiger partial charge in [0.25, 0.3) is 5.91 Å². The molecule has 2 aromatic carbocycles. The monoisotopic (exact) mass is 365 g/mol. The highest BCUT2D eigenvalue weighted by atomic mass is 32.1. The van der Waals surface area contributed by atoms with Crippen molar-refractivity contribution in [2.24, 2.45) is 0 Å². The van der Waals surface area contributed by atoms with Gasteiger partial charge in [0.1, 0.15) is 5.75 Å². The van der Waals surface area contributed by atoms with Gasteiger partial charge in [0, 0.05) is 10.9 Å². The number of amides is 2. The molecule has 4 rings (SSSR count). The maximum absolute atomic E-state index is 12.3. The van der Waals surface area contributed by atoms with Crippen molar-refractivity contribution in [1.29, 1.82) is 0 Å². The number of ether oxygens (including phenoxy) is 1. The molecular formula is C19H15N3O3S. The fourth-order valence-corrected chi connectivity index (χ4v) is 3.37. The Labute approximate surface area is 153 Å². The van der Waals surface area contributed by atoms with Gasteiger partial charge in [0.2, 0.25) is 5.91 Å². The van der Waals surface area contributed by atoms with E-state index in [0.717, 1.165) is 11.3 Å². The Hall–Kier alpha value is -3.19. The first kappa shape index (κ1) is 16.3. The second-order valence-corrected chi connectivity index (χ2v) is 6.61. The number of nitrogens with one attached hydrogen (secondary N) is 2. The predicted octanol–water partition coefficient (Wildman–Crippen LogP) is 3.54. The average molecular weight is 365 g/mol. The minimum Gasteiger partial charge on any atom is -0.478 e. The van der Waals surface area contributed by atoms with Crippen LogP contribution in [0, 0.1) is 0 Å². The van der Waals surface area contributed by atoms with Crippen molar-refractivity contribution in [2.45, 2.75) is 12.5 Å². The van der Waals surface area contributed by atoms with Crippen LogP contribution < -0.4 is 15.4 Å². The molecule has 3 aromatic rings. The van der Waals surface area contributed by atoms with Gasteiger partial charge in [-0.05, 0) is 12.1 Å². The zero-order valence-electron chi connectivity index (χ0n) is 13.6. The fraction of sp³-hybridized carbons (Fsp3) is 0.105. The van der Waals surface area contributed by atoms with E-state index in [-0.39, 0.29) is 18.2 Å². The largest absolute Gasteiger partial charge is 0.478 e. The van der Waals surface area contributed by atoms with E-state index in [9.17, 15) is 9.59 Å². The molecule has 1 unspecified atom stereocenters. The van der Waals surface area contributed by atoms with Gasteiger partial charge in [-0.25, -0.2) is 4.98 Å². The summed E-state index contributed by atoms with van der Waals surface area (Å²) in [4.78, 5) is 28.8. The summed E-state index contributed by atoms with van der Waals surface area (Å²) in [7, 11) is 0. The van der Waals surface area contributed by atoms with Crippen LogP contribution >= 0.6 is 11.3 Å². The molecule has 6 nitrogen and oxygen atoms in total. The summed E-state index contributed by atoms with van der Waals surface area (Å²) in [5.74, 6) is -0.0908. The Balaban J connectivity index is 1.40. The lowest BCUT2D eigenvalue weighted by atomic mass is 10.1. The SMILES string of the molecule is O=C(CC1Oc2ccccc2NC1=O)Nc1nc(-c2ccccc2)cs1. The Morgan fingerprint density at radius 1 is 1.15 bits per heavy atom. The van der Waals surface area contributed by atoms with Crippen molar-refractivity contribution in [2.75, 3.05) is 10.6 Å². The average Bonchev–Trinajstić information content (AvgIpc) is 3.11. The van der Waals surface area contributed by atoms with E-state index in [2.05, 4.69) is 15.6 Å². The molecule has 1 aromatic heterocycles. The second kappa shape index (κ2) is 6.97. The molecule has 26 heavy (non-hydrogen) atoms. The lowest BCUT2D eigenvalue weighted by Crippen LogP contribution is -2.39. The number of anilines is 2. The number of aromatic nitrogens is 1. The van der Waals surface area contributed by atoms with Crippen LogP contribution in [0.4, 0.5) is 10.8 Å². The Morgan fingerprint density at radius 2 is 1.92 bits per heavy atom. The van der Waals surface area contributed by atoms with E-state index in [1.165, 1.54) is 11.3 Å². The van der Waals surface area contributed by atoms with Crippen LogP contribution in [0.2, 0.25) is 0 Å². The molecule has 1 atom stereocenters. The number of benzene rings is 2. The third-order valence-corrected chi connectivity index (χ3v) is 4.66. The van der Waals surface area contributed by atoms with Gasteiger partial charge in [-0.3, -0.25) is 9.59 Å². The van der Waals surface area contributed by atoms with Crippen LogP contribution in [0.5, 0.6) is 5.75 Å². The van der Waals surface area contributed by atoms with Gasteiger partial charge >= 0.3 is 0 Å². The molecule has 1 aliphatic rings. The van der Waals surface area contributed by atoms with Crippen LogP contribution in [0.25, 0.3) is 11.3 Å². The first-order valence-electron chi connectivity index (χ1n) is 8.06. The fourth-order valence-electron chi connectivity index (χ4n) is 2.64. The maximum atomic E-state index is 12.3. The summed E-state index contributed by atoms with van der Waals surface area (Å²) in [6.45, 7) is 0. The van der Waals surface area contributed by atoms with Gasteiger partial charge in [0.15, 0.2) is 11.2 Å². The molecule has 130 valence electrons. The van der Waals surface area contributed by atoms with Crippen LogP contribution in [0.1, 0.15) is 6.42 Å². The van der Waals surface area contributed by atoms with Gasteiger partial charge in [0.05, 0.1) is 17.8 Å². The van der Waals surface area contributed by atoms with Gasteiger partial charge < -0.3 is 15.4 Å². The summed E-state index contributed by atoms with van der Waals surface area (Å²) < 4.78 is 5.64. The molecule has 0 aliphatic carbocycles. The number of hydrogen-bond acceptors (Lipinski definition) is 5. The molecular weight excluding hydrogens is 350 g/mol. The van der Waals surface area contributed by atoms with E-state index in [1.807, 2.05) is 47.8 Å². The number of para-hydroxylation sites is 2. The van der Waals surface area contributed by atoms with E-state index < -0.39 is 6.10 Å². The van der Waals surface area contributed by atoms with Crippen molar-refractivity contribution < 1.29 is 14.3 Å². The van der Waals surface area contributed by atoms with E-state index in [1.54, 1.807) is 12.1 Å². The van der Waals surface area contributed by atoms with Crippen LogP contribution in [0.15, 0.2) is 60.0 Å². The van der Waals surface area contributed by atoms with Crippen LogP contribution in [-0.2, 0) is 9.59 Å². The quantitative estimate of drug-likeness (QED) is 0.741. The zero-order valence-corrected chi connectivity index (χ0v) is 14.5. The molecule has 1 aliphatic heterocycles. The number of thiazole rings is 1. The third kappa shape index (κ3) is 3.43. The Morgan fingerprint density at radius 3 is 2.77 bits per heavy atom. The molecule has 0 saturated heterocycles. The molecule has 7 heteroatoms. The topological polar surface area (TPSA) is 80.3 Å². The third-order valence-electron chi connectivity index (χ3n) is 3.90. The first-order valence-corrected chi connectivity index (χ1v) is 8.94. The van der Waals surface area contributed by atoms with Crippen molar-refractivity contribution in [3.8, 4) is 17.0 Å². The summed E-state index contributed by atoms with van der Waals surface area (Å²) in [6.07, 6.45) is -0.945. The minimum atomic E-state index is -0.863. The predicted molar refractivity (Wildman–Crippen MR) is 100 cm³/mol. The summed E-state index contributed by atoms with van der Waals surface area (Å²) in [5, 5.41) is 7.85. The summed E-state index contributed by atoms with van der Waals surface area (Å²) in [5.41, 5.74) is 2.39. The molecule has 0 bridgehead atoms. The summed E-state index contributed by atoms with van der Waals surface area (Å²) in [6, 6.07) is 16.9. The highest BCUT2D eigenvalue weighted by molar-refractivity contribution is 7.14. The van der Waals surface area contributed by atoms with Gasteiger partial charge in [-0.15, -0.1) is 11.3 Å². The van der Waals surface area contributed by atoms with E-state index in [0.29, 0.717) is 16.6 Å². The molecule has 2 N–H and O–H groups in total. The number of hydrogen-bond donors (Lipinski definition) is 2. The standard InChI is InChI=1S/C19H15N3O3S/c23-17(10-16-18(24)20-13-8-4-5-9-15(13)25-16)22-19-21-14(11-26-19)12-6-2-1-3-7-12/h1-9,11,16H,10H2,(H,20,24)(H,21,22,23). The highest BCUT2D eigenvalue weighted by Gasteiger charge is 2.29. The van der Waals surface area contributed by atoms with Crippen LogP contribution in [0.3, 0.4) is 0 Å². The first-order chi connectivity index (χ1) is 12.7. The smallest absolute Gasteiger partial charge is 0.266 e. The minimum absolute atomic E-state index is 0.0829. The molecule has 2 amide bonds. The Bertz CT molecular complexity index is 955. The lowest BCUT2D eigenvalue weighted by molar-refractivity contribution is -0.128. The molecule has 0 fully saturated rings. The number of nitrogens with zero attached hydrogens (tertiary/aromatic N) is 1. The number of carbonyl (C=O) groups is 2. The molecule has 2 heterocycles. The van der Waals surface area contributed by atoms with E-state index >= 15 is 0 Å². The lowest BCUT2D eigenvalue weighted by Gasteiger charge is -2.25. The Kier molecular flexibility index (Phi) is 4.37. The second-order valence-electron chi connectivity index (χ2n) is 5.75. The number of rotatable bonds is 4. The normalized spacial score (nSPS) is 15.5. The number of fused-ring (bicyclic) bond motifs is 1. The van der Waals surface area contributed by atoms with Gasteiger partial charge in [-0.2, -0.15) is 0 Å². The molecule has 0 radical (unpaired) electrons. The van der Waals surface area contributed by atoms with Crippen LogP contribution in [-0.4, -0.2) is 22.9 Å². The zero-order chi connectivity index (χ0) is 17.9. The van der Waals surface area contributed by atoms with Crippen molar-refractivity contribution in [3.05, 3.63) is 60.0 Å². The van der Waals surface area contributed by atoms with E-state index in [4.69, 9.17) is 4.74 Å².